The van der Waals surface area contributed by atoms with Gasteiger partial charge in [0.05, 0.1) is 13.2 Å². The molecule has 0 bridgehead atoms. The number of rotatable bonds is 7. The molecule has 0 radical (unpaired) electrons. The van der Waals surface area contributed by atoms with Crippen LogP contribution in [0.3, 0.4) is 0 Å². The summed E-state index contributed by atoms with van der Waals surface area (Å²) in [5.41, 5.74) is 0.951. The van der Waals surface area contributed by atoms with Gasteiger partial charge in [-0.15, -0.1) is 11.3 Å². The first-order valence-electron chi connectivity index (χ1n) is 11.9. The second-order valence-electron chi connectivity index (χ2n) is 9.71. The highest BCUT2D eigenvalue weighted by Gasteiger charge is 2.36. The van der Waals surface area contributed by atoms with E-state index in [1.54, 1.807) is 64.6 Å². The first kappa shape index (κ1) is 25.7. The second kappa shape index (κ2) is 10.7. The molecule has 0 spiro atoms. The molecule has 1 aliphatic rings. The molecule has 3 aromatic rings. The smallest absolute Gasteiger partial charge is 0.254 e. The lowest BCUT2D eigenvalue weighted by Crippen LogP contribution is -2.53. The average Bonchev–Trinajstić information content (AvgIpc) is 3.34. The molecule has 1 unspecified atom stereocenters. The van der Waals surface area contributed by atoms with Gasteiger partial charge in [-0.05, 0) is 80.6 Å². The molecule has 8 heteroatoms. The Kier molecular flexibility index (Phi) is 7.64. The average molecular weight is 511 g/mol. The molecule has 0 fully saturated rings. The van der Waals surface area contributed by atoms with Crippen LogP contribution in [-0.2, 0) is 11.2 Å². The van der Waals surface area contributed by atoms with E-state index in [9.17, 15) is 14.0 Å². The maximum Gasteiger partial charge on any atom is 0.254 e. The van der Waals surface area contributed by atoms with Crippen LogP contribution in [0.4, 0.5) is 4.39 Å². The highest BCUT2D eigenvalue weighted by molar-refractivity contribution is 7.10. The molecule has 2 amide bonds. The van der Waals surface area contributed by atoms with Gasteiger partial charge in [0.2, 0.25) is 5.91 Å². The number of halogens is 1. The summed E-state index contributed by atoms with van der Waals surface area (Å²) >= 11 is 1.66. The Morgan fingerprint density at radius 1 is 1.11 bits per heavy atom. The maximum absolute atomic E-state index is 13.7. The summed E-state index contributed by atoms with van der Waals surface area (Å²) in [7, 11) is 1.57. The van der Waals surface area contributed by atoms with E-state index in [0.717, 1.165) is 12.0 Å². The van der Waals surface area contributed by atoms with E-state index in [4.69, 9.17) is 9.47 Å². The minimum atomic E-state index is -0.580. The topological polar surface area (TPSA) is 59.1 Å². The Hall–Kier alpha value is -3.39. The van der Waals surface area contributed by atoms with Gasteiger partial charge in [0.1, 0.15) is 30.5 Å². The third kappa shape index (κ3) is 5.70. The van der Waals surface area contributed by atoms with Crippen LogP contribution < -0.4 is 9.47 Å². The Morgan fingerprint density at radius 2 is 1.86 bits per heavy atom. The first-order valence-corrected chi connectivity index (χ1v) is 12.8. The lowest BCUT2D eigenvalue weighted by atomic mass is 9.99. The Morgan fingerprint density at radius 3 is 2.53 bits per heavy atom. The molecule has 0 saturated heterocycles. The Bertz CT molecular complexity index is 1220. The van der Waals surface area contributed by atoms with Crippen LogP contribution in [0, 0.1) is 5.82 Å². The zero-order valence-electron chi connectivity index (χ0n) is 21.0. The van der Waals surface area contributed by atoms with Crippen LogP contribution in [0.5, 0.6) is 11.5 Å². The van der Waals surface area contributed by atoms with E-state index in [1.807, 2.05) is 32.2 Å². The van der Waals surface area contributed by atoms with Crippen molar-refractivity contribution in [2.24, 2.45) is 0 Å². The fraction of sp³-hybridized carbons (Fsp3) is 0.357. The van der Waals surface area contributed by atoms with E-state index in [-0.39, 0.29) is 36.8 Å². The number of carbonyl (C=O) groups excluding carboxylic acids is 2. The number of hydrogen-bond acceptors (Lipinski definition) is 5. The van der Waals surface area contributed by atoms with Gasteiger partial charge in [0, 0.05) is 28.6 Å². The van der Waals surface area contributed by atoms with Gasteiger partial charge in [-0.2, -0.15) is 0 Å². The van der Waals surface area contributed by atoms with Gasteiger partial charge in [-0.1, -0.05) is 6.07 Å². The van der Waals surface area contributed by atoms with Crippen molar-refractivity contribution >= 4 is 23.2 Å². The van der Waals surface area contributed by atoms with Crippen LogP contribution >= 0.6 is 11.3 Å². The quantitative estimate of drug-likeness (QED) is 0.431. The van der Waals surface area contributed by atoms with Gasteiger partial charge < -0.3 is 19.3 Å². The van der Waals surface area contributed by atoms with E-state index in [0.29, 0.717) is 23.6 Å². The van der Waals surface area contributed by atoms with Gasteiger partial charge in [-0.3, -0.25) is 9.59 Å². The normalized spacial score (nSPS) is 15.2. The lowest BCUT2D eigenvalue weighted by molar-refractivity contribution is -0.136. The minimum absolute atomic E-state index is 0.0652. The molecule has 1 atom stereocenters. The standard InChI is InChI=1S/C28H31FN2O4S/c1-28(2,3)31(27(33)19-8-10-21(34-4)11-9-19)17-26(32)30-14-12-25-23(13-15-36-25)24(30)18-35-22-7-5-6-20(29)16-22/h5-11,13,15-16,24H,12,14,17-18H2,1-4H3. The van der Waals surface area contributed by atoms with E-state index in [1.165, 1.54) is 17.0 Å². The molecule has 6 nitrogen and oxygen atoms in total. The van der Waals surface area contributed by atoms with E-state index < -0.39 is 5.54 Å². The van der Waals surface area contributed by atoms with Crippen molar-refractivity contribution in [1.29, 1.82) is 0 Å². The van der Waals surface area contributed by atoms with Crippen LogP contribution in [0.1, 0.15) is 47.6 Å². The summed E-state index contributed by atoms with van der Waals surface area (Å²) < 4.78 is 24.8. The van der Waals surface area contributed by atoms with E-state index in [2.05, 4.69) is 0 Å². The predicted octanol–water partition coefficient (Wildman–Crippen LogP) is 5.34. The van der Waals surface area contributed by atoms with Crippen LogP contribution in [0.15, 0.2) is 60.0 Å². The van der Waals surface area contributed by atoms with Crippen LogP contribution in [0.25, 0.3) is 0 Å². The summed E-state index contributed by atoms with van der Waals surface area (Å²) in [6.45, 7) is 6.40. The monoisotopic (exact) mass is 510 g/mol. The molecule has 2 heterocycles. The fourth-order valence-electron chi connectivity index (χ4n) is 4.34. The molecule has 190 valence electrons. The molecule has 1 aliphatic heterocycles. The maximum atomic E-state index is 13.7. The molecule has 0 saturated carbocycles. The van der Waals surface area contributed by atoms with Crippen molar-refractivity contribution in [2.45, 2.75) is 38.8 Å². The predicted molar refractivity (Wildman–Crippen MR) is 138 cm³/mol. The fourth-order valence-corrected chi connectivity index (χ4v) is 5.26. The lowest BCUT2D eigenvalue weighted by Gasteiger charge is -2.40. The third-order valence-corrected chi connectivity index (χ3v) is 7.30. The number of benzene rings is 2. The highest BCUT2D eigenvalue weighted by Crippen LogP contribution is 2.34. The van der Waals surface area contributed by atoms with Crippen molar-refractivity contribution in [1.82, 2.24) is 9.80 Å². The number of ether oxygens (including phenoxy) is 2. The molecule has 1 aromatic heterocycles. The molecule has 2 aromatic carbocycles. The molecular formula is C28H31FN2O4S. The zero-order chi connectivity index (χ0) is 25.9. The summed E-state index contributed by atoms with van der Waals surface area (Å²) in [6.07, 6.45) is 0.747. The summed E-state index contributed by atoms with van der Waals surface area (Å²) in [6, 6.07) is 14.6. The molecule has 36 heavy (non-hydrogen) atoms. The summed E-state index contributed by atoms with van der Waals surface area (Å²) in [4.78, 5) is 31.7. The van der Waals surface area contributed by atoms with Gasteiger partial charge in [0.15, 0.2) is 0 Å². The largest absolute Gasteiger partial charge is 0.497 e. The van der Waals surface area contributed by atoms with Crippen molar-refractivity contribution in [3.05, 3.63) is 81.8 Å². The van der Waals surface area contributed by atoms with Gasteiger partial charge >= 0.3 is 0 Å². The zero-order valence-corrected chi connectivity index (χ0v) is 21.8. The molecule has 4 rings (SSSR count). The molecule has 0 aliphatic carbocycles. The summed E-state index contributed by atoms with van der Waals surface area (Å²) in [5.74, 6) is 0.315. The van der Waals surface area contributed by atoms with Crippen molar-refractivity contribution in [3.8, 4) is 11.5 Å². The van der Waals surface area contributed by atoms with Crippen molar-refractivity contribution in [2.75, 3.05) is 26.8 Å². The first-order chi connectivity index (χ1) is 17.2. The van der Waals surface area contributed by atoms with E-state index >= 15 is 0 Å². The SMILES string of the molecule is COc1ccc(C(=O)N(CC(=O)N2CCc3sccc3C2COc2cccc(F)c2)C(C)(C)C)cc1. The van der Waals surface area contributed by atoms with Crippen LogP contribution in [0.2, 0.25) is 0 Å². The number of methoxy groups -OCH3 is 1. The number of nitrogens with zero attached hydrogens (tertiary/aromatic N) is 2. The second-order valence-corrected chi connectivity index (χ2v) is 10.7. The van der Waals surface area contributed by atoms with Crippen molar-refractivity contribution < 1.29 is 23.5 Å². The number of amides is 2. The number of thiophene rings is 1. The number of hydrogen-bond donors (Lipinski definition) is 0. The molecule has 0 N–H and O–H groups in total. The Balaban J connectivity index is 1.55. The third-order valence-electron chi connectivity index (χ3n) is 6.30. The van der Waals surface area contributed by atoms with Gasteiger partial charge in [0.25, 0.3) is 5.91 Å². The minimum Gasteiger partial charge on any atom is -0.497 e. The Labute approximate surface area is 215 Å². The van der Waals surface area contributed by atoms with Crippen LogP contribution in [-0.4, -0.2) is 54.0 Å². The highest BCUT2D eigenvalue weighted by atomic mass is 32.1. The number of carbonyl (C=O) groups is 2. The number of fused-ring (bicyclic) bond motifs is 1. The van der Waals surface area contributed by atoms with Crippen molar-refractivity contribution in [3.63, 3.8) is 0 Å². The van der Waals surface area contributed by atoms with Gasteiger partial charge in [-0.25, -0.2) is 4.39 Å². The molecular weight excluding hydrogens is 479 g/mol. The summed E-state index contributed by atoms with van der Waals surface area (Å²) in [5, 5.41) is 2.02.